The molecule has 1 aromatic rings. The van der Waals surface area contributed by atoms with Gasteiger partial charge in [0.25, 0.3) is 9.84 Å². The lowest BCUT2D eigenvalue weighted by Crippen LogP contribution is -2.25. The summed E-state index contributed by atoms with van der Waals surface area (Å²) in [7, 11) is -4.10. The molecule has 0 saturated heterocycles. The van der Waals surface area contributed by atoms with Crippen molar-refractivity contribution in [3.8, 4) is 0 Å². The van der Waals surface area contributed by atoms with Crippen molar-refractivity contribution < 1.29 is 18.0 Å². The van der Waals surface area contributed by atoms with Gasteiger partial charge in [0.15, 0.2) is 0 Å². The van der Waals surface area contributed by atoms with E-state index >= 15 is 0 Å². The molecule has 1 heterocycles. The number of amides is 2. The molecule has 2 rings (SSSR count). The van der Waals surface area contributed by atoms with Crippen LogP contribution < -0.4 is 10.6 Å². The number of nitrogens with two attached hydrogens (primary N) is 1. The van der Waals surface area contributed by atoms with Crippen LogP contribution in [0.15, 0.2) is 23.1 Å². The molecule has 18 heavy (non-hydrogen) atoms. The Labute approximate surface area is 104 Å². The minimum absolute atomic E-state index is 0.0979. The first-order valence-corrected chi connectivity index (χ1v) is 6.78. The molecule has 0 unspecified atom stereocenters. The zero-order chi connectivity index (χ0) is 13.5. The lowest BCUT2D eigenvalue weighted by molar-refractivity contribution is -0.116. The van der Waals surface area contributed by atoms with Gasteiger partial charge in [-0.15, -0.1) is 0 Å². The number of rotatable bonds is 1. The predicted molar refractivity (Wildman–Crippen MR) is 64.9 cm³/mol. The van der Waals surface area contributed by atoms with Crippen molar-refractivity contribution in [2.45, 2.75) is 18.2 Å². The second kappa shape index (κ2) is 4.09. The minimum Gasteiger partial charge on any atom is -0.356 e. The van der Waals surface area contributed by atoms with Crippen LogP contribution in [-0.2, 0) is 21.1 Å². The Balaban J connectivity index is 2.49. The molecule has 7 heteroatoms. The molecule has 0 atom stereocenters. The smallest absolute Gasteiger partial charge is 0.338 e. The standard InChI is InChI=1S/C11H12N2O4S/c1-7(14)13-5-4-8-6-9(2-3-10(8)13)18(16,17)11(12)15/h2-3,6H,4-5H2,1H3,(H2,12,15). The van der Waals surface area contributed by atoms with Crippen molar-refractivity contribution in [2.75, 3.05) is 11.4 Å². The van der Waals surface area contributed by atoms with Gasteiger partial charge in [-0.3, -0.25) is 9.59 Å². The maximum absolute atomic E-state index is 11.6. The van der Waals surface area contributed by atoms with Crippen LogP contribution >= 0.6 is 0 Å². The van der Waals surface area contributed by atoms with Gasteiger partial charge in [-0.25, -0.2) is 8.42 Å². The van der Waals surface area contributed by atoms with Crippen molar-refractivity contribution in [1.29, 1.82) is 0 Å². The number of fused-ring (bicyclic) bond motifs is 1. The van der Waals surface area contributed by atoms with Gasteiger partial charge in [-0.1, -0.05) is 0 Å². The summed E-state index contributed by atoms with van der Waals surface area (Å²) in [6, 6.07) is 4.22. The van der Waals surface area contributed by atoms with E-state index in [9.17, 15) is 18.0 Å². The predicted octanol–water partition coefficient (Wildman–Crippen LogP) is 0.448. The van der Waals surface area contributed by atoms with Gasteiger partial charge in [0.1, 0.15) is 0 Å². The summed E-state index contributed by atoms with van der Waals surface area (Å²) < 4.78 is 23.2. The fourth-order valence-corrected chi connectivity index (χ4v) is 2.77. The van der Waals surface area contributed by atoms with E-state index in [1.54, 1.807) is 4.90 Å². The molecular formula is C11H12N2O4S. The van der Waals surface area contributed by atoms with E-state index in [1.807, 2.05) is 0 Å². The van der Waals surface area contributed by atoms with Crippen LogP contribution in [0.1, 0.15) is 12.5 Å². The number of anilines is 1. The van der Waals surface area contributed by atoms with E-state index < -0.39 is 15.1 Å². The Morgan fingerprint density at radius 3 is 2.56 bits per heavy atom. The highest BCUT2D eigenvalue weighted by Gasteiger charge is 2.27. The third-order valence-electron chi connectivity index (χ3n) is 2.90. The molecule has 0 spiro atoms. The van der Waals surface area contributed by atoms with E-state index in [2.05, 4.69) is 0 Å². The van der Waals surface area contributed by atoms with Gasteiger partial charge in [-0.05, 0) is 30.2 Å². The van der Waals surface area contributed by atoms with E-state index in [4.69, 9.17) is 5.73 Å². The highest BCUT2D eigenvalue weighted by molar-refractivity contribution is 8.06. The first-order chi connectivity index (χ1) is 8.34. The molecule has 2 N–H and O–H groups in total. The molecule has 0 bridgehead atoms. The van der Waals surface area contributed by atoms with Gasteiger partial charge in [0.2, 0.25) is 5.91 Å². The van der Waals surface area contributed by atoms with Gasteiger partial charge in [0.05, 0.1) is 4.90 Å². The van der Waals surface area contributed by atoms with E-state index in [0.717, 1.165) is 5.56 Å². The Hall–Kier alpha value is -1.89. The third-order valence-corrected chi connectivity index (χ3v) is 4.31. The van der Waals surface area contributed by atoms with Gasteiger partial charge in [0, 0.05) is 19.2 Å². The van der Waals surface area contributed by atoms with Crippen molar-refractivity contribution in [3.05, 3.63) is 23.8 Å². The average Bonchev–Trinajstić information content (AvgIpc) is 2.71. The molecule has 0 fully saturated rings. The summed E-state index contributed by atoms with van der Waals surface area (Å²) in [5, 5.41) is -1.37. The molecule has 1 aliphatic heterocycles. The number of hydrogen-bond donors (Lipinski definition) is 1. The number of primary amides is 1. The van der Waals surface area contributed by atoms with Crippen LogP contribution in [0.5, 0.6) is 0 Å². The molecule has 96 valence electrons. The minimum atomic E-state index is -4.10. The molecule has 0 aliphatic carbocycles. The van der Waals surface area contributed by atoms with E-state index in [1.165, 1.54) is 25.1 Å². The largest absolute Gasteiger partial charge is 0.356 e. The maximum atomic E-state index is 11.6. The zero-order valence-electron chi connectivity index (χ0n) is 9.71. The summed E-state index contributed by atoms with van der Waals surface area (Å²) in [5.74, 6) is -0.0979. The number of benzene rings is 1. The molecular weight excluding hydrogens is 256 g/mol. The lowest BCUT2D eigenvalue weighted by atomic mass is 10.2. The molecule has 2 amide bonds. The van der Waals surface area contributed by atoms with Crippen LogP contribution in [-0.4, -0.2) is 26.1 Å². The number of sulfone groups is 1. The Kier molecular flexibility index (Phi) is 2.86. The van der Waals surface area contributed by atoms with Gasteiger partial charge < -0.3 is 10.6 Å². The highest BCUT2D eigenvalue weighted by atomic mass is 32.2. The summed E-state index contributed by atoms with van der Waals surface area (Å²) in [6.45, 7) is 1.97. The first-order valence-electron chi connectivity index (χ1n) is 5.29. The highest BCUT2D eigenvalue weighted by Crippen LogP contribution is 2.30. The second-order valence-electron chi connectivity index (χ2n) is 4.03. The van der Waals surface area contributed by atoms with Crippen LogP contribution in [0, 0.1) is 0 Å². The Bertz CT molecular complexity index is 636. The normalized spacial score (nSPS) is 14.4. The summed E-state index contributed by atoms with van der Waals surface area (Å²) in [6.07, 6.45) is 0.567. The quantitative estimate of drug-likeness (QED) is 0.799. The lowest BCUT2D eigenvalue weighted by Gasteiger charge is -2.14. The molecule has 1 aromatic carbocycles. The van der Waals surface area contributed by atoms with Crippen molar-refractivity contribution >= 4 is 26.7 Å². The number of carbonyl (C=O) groups is 2. The maximum Gasteiger partial charge on any atom is 0.338 e. The molecule has 0 aromatic heterocycles. The number of carbonyl (C=O) groups excluding carboxylic acids is 2. The van der Waals surface area contributed by atoms with Crippen LogP contribution in [0.25, 0.3) is 0 Å². The van der Waals surface area contributed by atoms with Crippen molar-refractivity contribution in [3.63, 3.8) is 0 Å². The summed E-state index contributed by atoms with van der Waals surface area (Å²) in [5.41, 5.74) is 6.25. The monoisotopic (exact) mass is 268 g/mol. The van der Waals surface area contributed by atoms with Crippen molar-refractivity contribution in [2.24, 2.45) is 5.73 Å². The molecule has 6 nitrogen and oxygen atoms in total. The second-order valence-corrected chi connectivity index (χ2v) is 5.91. The van der Waals surface area contributed by atoms with Gasteiger partial charge >= 0.3 is 5.24 Å². The topological polar surface area (TPSA) is 97.5 Å². The zero-order valence-corrected chi connectivity index (χ0v) is 10.5. The summed E-state index contributed by atoms with van der Waals surface area (Å²) in [4.78, 5) is 23.6. The molecule has 1 aliphatic rings. The summed E-state index contributed by atoms with van der Waals surface area (Å²) >= 11 is 0. The fraction of sp³-hybridized carbons (Fsp3) is 0.273. The Morgan fingerprint density at radius 2 is 2.00 bits per heavy atom. The molecule has 0 radical (unpaired) electrons. The van der Waals surface area contributed by atoms with Crippen LogP contribution in [0.4, 0.5) is 10.5 Å². The SMILES string of the molecule is CC(=O)N1CCc2cc(S(=O)(=O)C(N)=O)ccc21. The van der Waals surface area contributed by atoms with E-state index in [0.29, 0.717) is 18.7 Å². The number of hydrogen-bond acceptors (Lipinski definition) is 4. The van der Waals surface area contributed by atoms with Crippen LogP contribution in [0.3, 0.4) is 0 Å². The fourth-order valence-electron chi connectivity index (χ4n) is 1.99. The Morgan fingerprint density at radius 1 is 1.33 bits per heavy atom. The van der Waals surface area contributed by atoms with Crippen molar-refractivity contribution in [1.82, 2.24) is 0 Å². The number of nitrogens with zero attached hydrogens (tertiary/aromatic N) is 1. The first kappa shape index (κ1) is 12.6. The third kappa shape index (κ3) is 1.86. The molecule has 0 saturated carbocycles. The average molecular weight is 268 g/mol. The van der Waals surface area contributed by atoms with Crippen LogP contribution in [0.2, 0.25) is 0 Å². The van der Waals surface area contributed by atoms with E-state index in [-0.39, 0.29) is 10.8 Å². The van der Waals surface area contributed by atoms with Gasteiger partial charge in [-0.2, -0.15) is 0 Å².